The Morgan fingerprint density at radius 1 is 1.00 bits per heavy atom. The van der Waals surface area contributed by atoms with Crippen molar-refractivity contribution in [3.8, 4) is 22.3 Å². The molecule has 7 heteroatoms. The molecular weight excluding hydrogens is 510 g/mol. The number of aromatic amines is 1. The van der Waals surface area contributed by atoms with E-state index in [1.54, 1.807) is 0 Å². The number of nitrogens with zero attached hydrogens (tertiary/aromatic N) is 4. The molecule has 7 nitrogen and oxygen atoms in total. The van der Waals surface area contributed by atoms with Gasteiger partial charge in [0.1, 0.15) is 5.65 Å². The van der Waals surface area contributed by atoms with Gasteiger partial charge in [-0.3, -0.25) is 4.79 Å². The van der Waals surface area contributed by atoms with E-state index < -0.39 is 5.60 Å². The van der Waals surface area contributed by atoms with Gasteiger partial charge < -0.3 is 24.8 Å². The lowest BCUT2D eigenvalue weighted by Crippen LogP contribution is -2.44. The lowest BCUT2D eigenvalue weighted by atomic mass is 9.83. The molecule has 3 heterocycles. The molecule has 1 aliphatic carbocycles. The number of hydrogen-bond donors (Lipinski definition) is 2. The van der Waals surface area contributed by atoms with E-state index in [-0.39, 0.29) is 11.9 Å². The molecule has 6 rings (SSSR count). The number of aliphatic hydroxyl groups is 1. The number of rotatable bonds is 5. The van der Waals surface area contributed by atoms with E-state index in [0.717, 1.165) is 85.1 Å². The number of aromatic nitrogens is 2. The number of fused-ring (bicyclic) bond motifs is 1. The highest BCUT2D eigenvalue weighted by Gasteiger charge is 2.32. The summed E-state index contributed by atoms with van der Waals surface area (Å²) in [5.74, 6) is 0.0290. The molecule has 1 aliphatic heterocycles. The van der Waals surface area contributed by atoms with Crippen LogP contribution in [0.5, 0.6) is 0 Å². The van der Waals surface area contributed by atoms with E-state index in [0.29, 0.717) is 5.56 Å². The zero-order chi connectivity index (χ0) is 28.7. The summed E-state index contributed by atoms with van der Waals surface area (Å²) >= 11 is 0. The molecular formula is C34H41N5O2. The number of likely N-dealkylation sites (N-methyl/N-ethyl adjacent to an activating group) is 1. The second-order valence-corrected chi connectivity index (χ2v) is 12.3. The zero-order valence-electron chi connectivity index (χ0n) is 24.7. The van der Waals surface area contributed by atoms with Crippen molar-refractivity contribution in [1.29, 1.82) is 0 Å². The Labute approximate surface area is 242 Å². The lowest BCUT2D eigenvalue weighted by molar-refractivity contribution is -0.000211. The minimum absolute atomic E-state index is 0.0290. The van der Waals surface area contributed by atoms with Crippen molar-refractivity contribution in [3.05, 3.63) is 72.1 Å². The van der Waals surface area contributed by atoms with Crippen molar-refractivity contribution in [2.75, 3.05) is 45.2 Å². The minimum Gasteiger partial charge on any atom is -0.390 e. The van der Waals surface area contributed by atoms with Crippen LogP contribution in [0.4, 0.5) is 5.69 Å². The largest absolute Gasteiger partial charge is 0.390 e. The first kappa shape index (κ1) is 27.5. The van der Waals surface area contributed by atoms with Gasteiger partial charge in [0, 0.05) is 79.4 Å². The Kier molecular flexibility index (Phi) is 7.34. The van der Waals surface area contributed by atoms with Gasteiger partial charge in [0.15, 0.2) is 0 Å². The first-order chi connectivity index (χ1) is 19.7. The fourth-order valence-electron chi connectivity index (χ4n) is 6.41. The maximum absolute atomic E-state index is 13.2. The first-order valence-electron chi connectivity index (χ1n) is 14.8. The predicted molar refractivity (Wildman–Crippen MR) is 166 cm³/mol. The Morgan fingerprint density at radius 2 is 1.68 bits per heavy atom. The number of pyridine rings is 1. The number of amides is 1. The van der Waals surface area contributed by atoms with E-state index in [4.69, 9.17) is 4.98 Å². The van der Waals surface area contributed by atoms with Gasteiger partial charge in [0.25, 0.3) is 5.91 Å². The molecule has 1 saturated heterocycles. The van der Waals surface area contributed by atoms with Crippen LogP contribution in [0.3, 0.4) is 0 Å². The zero-order valence-corrected chi connectivity index (χ0v) is 24.7. The number of carbonyl (C=O) groups is 1. The Bertz CT molecular complexity index is 1540. The Balaban J connectivity index is 1.21. The van der Waals surface area contributed by atoms with Crippen molar-refractivity contribution in [2.45, 2.75) is 51.2 Å². The maximum Gasteiger partial charge on any atom is 0.253 e. The van der Waals surface area contributed by atoms with Gasteiger partial charge in [-0.1, -0.05) is 18.2 Å². The number of aryl methyl sites for hydroxylation is 1. The van der Waals surface area contributed by atoms with Crippen LogP contribution in [0.2, 0.25) is 0 Å². The Hall–Kier alpha value is -3.68. The summed E-state index contributed by atoms with van der Waals surface area (Å²) in [6.45, 7) is 8.38. The van der Waals surface area contributed by atoms with Crippen molar-refractivity contribution < 1.29 is 9.90 Å². The number of H-pyrrole nitrogens is 1. The summed E-state index contributed by atoms with van der Waals surface area (Å²) in [5, 5.41) is 11.3. The van der Waals surface area contributed by atoms with Crippen LogP contribution in [0.15, 0.2) is 60.9 Å². The summed E-state index contributed by atoms with van der Waals surface area (Å²) in [5.41, 5.74) is 7.89. The SMILES string of the molecule is Cc1cc(-c2cnc3[nH]cc(-c4ccc(C(=O)N(C)[C@H]5CC[C@@](C)(O)CC5)cc4)c3c2)ccc1N1CCN(C)CC1. The molecule has 41 heavy (non-hydrogen) atoms. The van der Waals surface area contributed by atoms with Gasteiger partial charge in [-0.15, -0.1) is 0 Å². The Morgan fingerprint density at radius 3 is 2.37 bits per heavy atom. The van der Waals surface area contributed by atoms with E-state index in [2.05, 4.69) is 53.0 Å². The second kappa shape index (κ2) is 11.0. The van der Waals surface area contributed by atoms with Crippen LogP contribution in [0.25, 0.3) is 33.3 Å². The predicted octanol–water partition coefficient (Wildman–Crippen LogP) is 5.72. The molecule has 0 bridgehead atoms. The van der Waals surface area contributed by atoms with E-state index in [9.17, 15) is 9.90 Å². The fourth-order valence-corrected chi connectivity index (χ4v) is 6.41. The molecule has 0 spiro atoms. The first-order valence-corrected chi connectivity index (χ1v) is 14.8. The normalized spacial score (nSPS) is 21.8. The smallest absolute Gasteiger partial charge is 0.253 e. The molecule has 0 unspecified atom stereocenters. The fraction of sp³-hybridized carbons (Fsp3) is 0.412. The van der Waals surface area contributed by atoms with Gasteiger partial charge in [0.05, 0.1) is 5.60 Å². The van der Waals surface area contributed by atoms with E-state index >= 15 is 0 Å². The second-order valence-electron chi connectivity index (χ2n) is 12.3. The molecule has 2 N–H and O–H groups in total. The molecule has 214 valence electrons. The maximum atomic E-state index is 13.2. The number of piperazine rings is 1. The van der Waals surface area contributed by atoms with Crippen LogP contribution >= 0.6 is 0 Å². The molecule has 4 aromatic rings. The van der Waals surface area contributed by atoms with E-state index in [1.807, 2.05) is 55.5 Å². The summed E-state index contributed by atoms with van der Waals surface area (Å²) in [7, 11) is 4.07. The quantitative estimate of drug-likeness (QED) is 0.332. The number of nitrogens with one attached hydrogen (secondary N) is 1. The molecule has 0 atom stereocenters. The van der Waals surface area contributed by atoms with Crippen LogP contribution in [0, 0.1) is 6.92 Å². The number of hydrogen-bond acceptors (Lipinski definition) is 5. The molecule has 2 aliphatic rings. The molecule has 2 aromatic carbocycles. The van der Waals surface area contributed by atoms with Crippen molar-refractivity contribution >= 4 is 22.6 Å². The molecule has 2 aromatic heterocycles. The molecule has 1 saturated carbocycles. The third-order valence-corrected chi connectivity index (χ3v) is 9.25. The standard InChI is InChI=1S/C34H41N5O2/c1-23-19-26(9-10-31(23)39-17-15-37(3)16-18-39)27-20-29-30(22-36-32(29)35-21-27)24-5-7-25(8-6-24)33(40)38(4)28-11-13-34(2,41)14-12-28/h5-10,19-22,28,41H,11-18H2,1-4H3,(H,35,36)/t28-,34+. The number of benzene rings is 2. The van der Waals surface area contributed by atoms with Crippen molar-refractivity contribution in [3.63, 3.8) is 0 Å². The third-order valence-electron chi connectivity index (χ3n) is 9.25. The third kappa shape index (κ3) is 5.61. The highest BCUT2D eigenvalue weighted by atomic mass is 16.3. The van der Waals surface area contributed by atoms with Gasteiger partial charge in [-0.25, -0.2) is 4.98 Å². The van der Waals surface area contributed by atoms with E-state index in [1.165, 1.54) is 11.3 Å². The minimum atomic E-state index is -0.608. The van der Waals surface area contributed by atoms with Gasteiger partial charge in [-0.2, -0.15) is 0 Å². The summed E-state index contributed by atoms with van der Waals surface area (Å²) in [4.78, 5) is 28.0. The lowest BCUT2D eigenvalue weighted by Gasteiger charge is -2.37. The van der Waals surface area contributed by atoms with Crippen molar-refractivity contribution in [2.24, 2.45) is 0 Å². The number of anilines is 1. The van der Waals surface area contributed by atoms with Gasteiger partial charge in [0.2, 0.25) is 0 Å². The average molecular weight is 552 g/mol. The summed E-state index contributed by atoms with van der Waals surface area (Å²) in [6, 6.07) is 17.0. The van der Waals surface area contributed by atoms with Crippen LogP contribution in [0.1, 0.15) is 48.5 Å². The van der Waals surface area contributed by atoms with Crippen LogP contribution in [-0.4, -0.2) is 82.7 Å². The van der Waals surface area contributed by atoms with Crippen molar-refractivity contribution in [1.82, 2.24) is 19.8 Å². The van der Waals surface area contributed by atoms with Gasteiger partial charge >= 0.3 is 0 Å². The monoisotopic (exact) mass is 551 g/mol. The summed E-state index contributed by atoms with van der Waals surface area (Å²) in [6.07, 6.45) is 7.05. The highest BCUT2D eigenvalue weighted by Crippen LogP contribution is 2.34. The van der Waals surface area contributed by atoms with Gasteiger partial charge in [-0.05, 0) is 93.6 Å². The highest BCUT2D eigenvalue weighted by molar-refractivity contribution is 5.98. The number of carbonyl (C=O) groups excluding carboxylic acids is 1. The van der Waals surface area contributed by atoms with Crippen LogP contribution in [-0.2, 0) is 0 Å². The topological polar surface area (TPSA) is 75.7 Å². The molecule has 2 fully saturated rings. The molecule has 1 amide bonds. The summed E-state index contributed by atoms with van der Waals surface area (Å²) < 4.78 is 0. The van der Waals surface area contributed by atoms with Crippen LogP contribution < -0.4 is 4.90 Å². The molecule has 0 radical (unpaired) electrons. The average Bonchev–Trinajstić information content (AvgIpc) is 3.40.